The number of fused-ring (bicyclic) bond motifs is 3. The van der Waals surface area contributed by atoms with Crippen LogP contribution in [-0.2, 0) is 34.8 Å². The molecule has 3 aliphatic rings. The maximum Gasteiger partial charge on any atom is 0.331 e. The molecule has 0 bridgehead atoms. The van der Waals surface area contributed by atoms with E-state index >= 15 is 4.21 Å². The summed E-state index contributed by atoms with van der Waals surface area (Å²) in [6.45, 7) is 3.70. The Kier molecular flexibility index (Phi) is 7.67. The third-order valence-electron chi connectivity index (χ3n) is 9.50. The highest BCUT2D eigenvalue weighted by atomic mass is 32.2. The first-order valence-electron chi connectivity index (χ1n) is 16.5. The van der Waals surface area contributed by atoms with E-state index in [2.05, 4.69) is 28.1 Å². The lowest BCUT2D eigenvalue weighted by Crippen LogP contribution is -2.38. The van der Waals surface area contributed by atoms with Crippen molar-refractivity contribution in [2.24, 2.45) is 4.36 Å². The van der Waals surface area contributed by atoms with Crippen molar-refractivity contribution < 1.29 is 18.5 Å². The van der Waals surface area contributed by atoms with Gasteiger partial charge in [-0.3, -0.25) is 0 Å². The second-order valence-corrected chi connectivity index (χ2v) is 14.5. The molecule has 1 aromatic heterocycles. The number of ether oxygens (including phenoxy) is 2. The van der Waals surface area contributed by atoms with Crippen molar-refractivity contribution in [2.75, 3.05) is 18.5 Å². The highest BCUT2D eigenvalue weighted by molar-refractivity contribution is 7.92. The van der Waals surface area contributed by atoms with Gasteiger partial charge in [-0.05, 0) is 53.1 Å². The lowest BCUT2D eigenvalue weighted by molar-refractivity contribution is 0.224. The minimum atomic E-state index is -3.81. The first-order valence-corrected chi connectivity index (χ1v) is 18.0. The fourth-order valence-electron chi connectivity index (χ4n) is 7.30. The highest BCUT2D eigenvalue weighted by Gasteiger charge is 2.41. The quantitative estimate of drug-likeness (QED) is 0.180. The molecule has 4 aromatic carbocycles. The maximum absolute atomic E-state index is 15.9. The molecule has 2 N–H and O–H groups in total. The molecule has 0 radical (unpaired) electrons. The Bertz CT molecular complexity index is 2010. The first-order chi connectivity index (χ1) is 23.5. The Hall–Kier alpha value is -5.09. The van der Waals surface area contributed by atoms with E-state index < -0.39 is 21.5 Å². The van der Waals surface area contributed by atoms with Crippen LogP contribution < -0.4 is 19.5 Å². The van der Waals surface area contributed by atoms with Gasteiger partial charge in [-0.25, -0.2) is 18.4 Å². The Morgan fingerprint density at radius 1 is 0.917 bits per heavy atom. The smallest absolute Gasteiger partial charge is 0.331 e. The number of benzene rings is 4. The molecule has 8 rings (SSSR count). The molecule has 2 aliphatic heterocycles. The minimum absolute atomic E-state index is 0.105. The lowest BCUT2D eigenvalue weighted by Gasteiger charge is -2.33. The average molecular weight is 660 g/mol. The van der Waals surface area contributed by atoms with Gasteiger partial charge in [0.1, 0.15) is 16.2 Å². The molecule has 244 valence electrons. The van der Waals surface area contributed by atoms with E-state index in [4.69, 9.17) is 13.8 Å². The van der Waals surface area contributed by atoms with Crippen molar-refractivity contribution in [3.8, 4) is 11.6 Å². The molecule has 1 aliphatic carbocycles. The van der Waals surface area contributed by atoms with E-state index in [1.165, 1.54) is 11.8 Å². The Balaban J connectivity index is 1.34. The van der Waals surface area contributed by atoms with Crippen molar-refractivity contribution in [3.63, 3.8) is 0 Å². The number of anilines is 1. The normalized spacial score (nSPS) is 17.6. The number of urea groups is 1. The fraction of sp³-hybridized carbons (Fsp3) is 0.263. The highest BCUT2D eigenvalue weighted by Crippen LogP contribution is 2.46. The van der Waals surface area contributed by atoms with E-state index in [-0.39, 0.29) is 10.8 Å². The molecule has 0 saturated carbocycles. The van der Waals surface area contributed by atoms with Crippen LogP contribution in [0.25, 0.3) is 0 Å². The van der Waals surface area contributed by atoms with E-state index in [9.17, 15) is 4.79 Å². The minimum Gasteiger partial charge on any atom is -0.493 e. The number of amides is 2. The SMILES string of the molecule is C[C@H]1COc2cc3c(c(NC(=O)NS(=O)(=NC(c4ccccc4)(c4ccccc4)c4ccccc4)c4cnn5c4OCCC5)c21)CCC3. The van der Waals surface area contributed by atoms with Gasteiger partial charge in [0.15, 0.2) is 9.92 Å². The molecule has 3 heterocycles. The van der Waals surface area contributed by atoms with Gasteiger partial charge in [0.05, 0.1) is 25.1 Å². The van der Waals surface area contributed by atoms with Gasteiger partial charge < -0.3 is 14.8 Å². The van der Waals surface area contributed by atoms with Crippen LogP contribution in [0.5, 0.6) is 11.6 Å². The zero-order chi connectivity index (χ0) is 32.7. The van der Waals surface area contributed by atoms with Crippen LogP contribution in [0, 0.1) is 0 Å². The number of nitrogens with zero attached hydrogens (tertiary/aromatic N) is 3. The molecule has 0 spiro atoms. The monoisotopic (exact) mass is 659 g/mol. The standard InChI is InChI=1S/C38H37N5O4S/c1-26-25-47-32-23-27-13-11-20-31(27)35(34(26)32)40-37(44)41-48(45,33-24-39-43-21-12-22-46-36(33)43)42-38(28-14-5-2-6-15-28,29-16-7-3-8-17-29)30-18-9-4-10-19-30/h2-10,14-19,23-24,26H,11-13,20-22,25H2,1H3,(H2,40,41,42,44,45)/t26-,48?/m0/s1. The Labute approximate surface area is 280 Å². The van der Waals surface area contributed by atoms with E-state index in [1.807, 2.05) is 91.0 Å². The van der Waals surface area contributed by atoms with Crippen LogP contribution in [0.4, 0.5) is 10.5 Å². The second-order valence-electron chi connectivity index (χ2n) is 12.6. The predicted molar refractivity (Wildman–Crippen MR) is 185 cm³/mol. The summed E-state index contributed by atoms with van der Waals surface area (Å²) in [6.07, 6.45) is 5.08. The van der Waals surface area contributed by atoms with E-state index in [0.717, 1.165) is 64.9 Å². The number of rotatable bonds is 7. The van der Waals surface area contributed by atoms with Crippen LogP contribution >= 0.6 is 0 Å². The zero-order valence-corrected chi connectivity index (χ0v) is 27.5. The van der Waals surface area contributed by atoms with Crippen LogP contribution in [0.15, 0.2) is 113 Å². The van der Waals surface area contributed by atoms with Crippen molar-refractivity contribution in [1.82, 2.24) is 14.5 Å². The van der Waals surface area contributed by atoms with E-state index in [0.29, 0.717) is 25.6 Å². The van der Waals surface area contributed by atoms with Crippen LogP contribution in [0.3, 0.4) is 0 Å². The predicted octanol–water partition coefficient (Wildman–Crippen LogP) is 7.21. The molecule has 48 heavy (non-hydrogen) atoms. The molecule has 10 heteroatoms. The number of nitrogens with one attached hydrogen (secondary N) is 2. The lowest BCUT2D eigenvalue weighted by atomic mass is 9.78. The van der Waals surface area contributed by atoms with Gasteiger partial charge in [-0.2, -0.15) is 9.46 Å². The van der Waals surface area contributed by atoms with Gasteiger partial charge in [0, 0.05) is 24.4 Å². The third kappa shape index (κ3) is 5.11. The molecule has 9 nitrogen and oxygen atoms in total. The summed E-state index contributed by atoms with van der Waals surface area (Å²) in [6, 6.07) is 30.8. The van der Waals surface area contributed by atoms with Crippen molar-refractivity contribution in [2.45, 2.75) is 55.5 Å². The summed E-state index contributed by atoms with van der Waals surface area (Å²) in [5, 5.41) is 7.67. The number of carbonyl (C=O) groups is 1. The Morgan fingerprint density at radius 2 is 1.56 bits per heavy atom. The average Bonchev–Trinajstić information content (AvgIpc) is 3.87. The summed E-state index contributed by atoms with van der Waals surface area (Å²) in [4.78, 5) is 14.5. The summed E-state index contributed by atoms with van der Waals surface area (Å²) in [5.74, 6) is 1.26. The Morgan fingerprint density at radius 3 is 2.21 bits per heavy atom. The van der Waals surface area contributed by atoms with Crippen LogP contribution in [0.2, 0.25) is 0 Å². The fourth-order valence-corrected chi connectivity index (χ4v) is 9.15. The van der Waals surface area contributed by atoms with Gasteiger partial charge in [-0.1, -0.05) is 97.9 Å². The second kappa shape index (κ2) is 12.2. The van der Waals surface area contributed by atoms with Crippen molar-refractivity contribution in [3.05, 3.63) is 137 Å². The topological polar surface area (TPSA) is 107 Å². The molecular formula is C38H37N5O4S. The van der Waals surface area contributed by atoms with Crippen LogP contribution in [0.1, 0.15) is 59.1 Å². The number of aromatic nitrogens is 2. The number of aryl methyl sites for hydroxylation is 2. The number of hydrogen-bond acceptors (Lipinski definition) is 6. The van der Waals surface area contributed by atoms with Gasteiger partial charge >= 0.3 is 6.03 Å². The molecule has 1 unspecified atom stereocenters. The van der Waals surface area contributed by atoms with Gasteiger partial charge in [0.2, 0.25) is 5.88 Å². The third-order valence-corrected chi connectivity index (χ3v) is 11.4. The van der Waals surface area contributed by atoms with Crippen molar-refractivity contribution >= 4 is 21.6 Å². The van der Waals surface area contributed by atoms with Gasteiger partial charge in [-0.15, -0.1) is 0 Å². The summed E-state index contributed by atoms with van der Waals surface area (Å²) >= 11 is 0. The zero-order valence-electron chi connectivity index (χ0n) is 26.7. The molecular weight excluding hydrogens is 623 g/mol. The van der Waals surface area contributed by atoms with Crippen molar-refractivity contribution in [1.29, 1.82) is 0 Å². The molecule has 2 amide bonds. The number of carbonyl (C=O) groups excluding carboxylic acids is 1. The molecule has 0 saturated heterocycles. The maximum atomic E-state index is 15.9. The van der Waals surface area contributed by atoms with Crippen LogP contribution in [-0.4, -0.2) is 33.2 Å². The first kappa shape index (κ1) is 30.3. The summed E-state index contributed by atoms with van der Waals surface area (Å²) in [7, 11) is -3.81. The molecule has 2 atom stereocenters. The summed E-state index contributed by atoms with van der Waals surface area (Å²) < 4.78 is 37.9. The largest absolute Gasteiger partial charge is 0.493 e. The van der Waals surface area contributed by atoms with E-state index in [1.54, 1.807) is 4.68 Å². The molecule has 0 fully saturated rings. The summed E-state index contributed by atoms with van der Waals surface area (Å²) in [5.41, 5.74) is 5.12. The number of hydrogen-bond donors (Lipinski definition) is 2. The molecule has 5 aromatic rings. The van der Waals surface area contributed by atoms with Gasteiger partial charge in [0.25, 0.3) is 0 Å².